The fourth-order valence-electron chi connectivity index (χ4n) is 1.40. The van der Waals surface area contributed by atoms with Crippen LogP contribution in [-0.2, 0) is 6.42 Å². The van der Waals surface area contributed by atoms with Crippen LogP contribution in [0.15, 0.2) is 0 Å². The molecule has 1 aliphatic rings. The predicted molar refractivity (Wildman–Crippen MR) is 48.6 cm³/mol. The fourth-order valence-corrected chi connectivity index (χ4v) is 1.71. The van der Waals surface area contributed by atoms with Gasteiger partial charge in [0.25, 0.3) is 0 Å². The van der Waals surface area contributed by atoms with Gasteiger partial charge >= 0.3 is 0 Å². The first-order valence-corrected chi connectivity index (χ1v) is 4.42. The van der Waals surface area contributed by atoms with Crippen molar-refractivity contribution < 1.29 is 0 Å². The van der Waals surface area contributed by atoms with Crippen LogP contribution in [0.25, 0.3) is 0 Å². The molecule has 1 N–H and O–H groups in total. The zero-order chi connectivity index (χ0) is 8.55. The van der Waals surface area contributed by atoms with Gasteiger partial charge in [-0.05, 0) is 19.8 Å². The summed E-state index contributed by atoms with van der Waals surface area (Å²) in [6.07, 6.45) is 2.10. The summed E-state index contributed by atoms with van der Waals surface area (Å²) >= 11 is 5.96. The Labute approximate surface area is 76.2 Å². The van der Waals surface area contributed by atoms with Gasteiger partial charge in [0, 0.05) is 12.1 Å². The largest absolute Gasteiger partial charge is 0.370 e. The van der Waals surface area contributed by atoms with Gasteiger partial charge in [-0.1, -0.05) is 11.6 Å². The number of hydrogen-bond acceptors (Lipinski definition) is 3. The van der Waals surface area contributed by atoms with Gasteiger partial charge in [-0.25, -0.2) is 9.97 Å². The van der Waals surface area contributed by atoms with E-state index in [9.17, 15) is 0 Å². The monoisotopic (exact) mass is 183 g/mol. The van der Waals surface area contributed by atoms with E-state index in [2.05, 4.69) is 15.3 Å². The van der Waals surface area contributed by atoms with Crippen LogP contribution in [0.5, 0.6) is 0 Å². The van der Waals surface area contributed by atoms with Crippen LogP contribution in [0.1, 0.15) is 17.8 Å². The molecule has 64 valence electrons. The molecule has 0 bridgehead atoms. The predicted octanol–water partition coefficient (Wildman–Crippen LogP) is 1.80. The highest BCUT2D eigenvalue weighted by molar-refractivity contribution is 6.30. The molecule has 0 aliphatic carbocycles. The maximum Gasteiger partial charge on any atom is 0.138 e. The van der Waals surface area contributed by atoms with E-state index in [1.807, 2.05) is 6.92 Å². The zero-order valence-corrected chi connectivity index (χ0v) is 7.65. The van der Waals surface area contributed by atoms with Gasteiger partial charge in [-0.3, -0.25) is 0 Å². The van der Waals surface area contributed by atoms with Crippen LogP contribution in [0.4, 0.5) is 5.82 Å². The second-order valence-corrected chi connectivity index (χ2v) is 3.28. The van der Waals surface area contributed by atoms with Crippen molar-refractivity contribution >= 4 is 17.4 Å². The minimum absolute atomic E-state index is 0.602. The van der Waals surface area contributed by atoms with Gasteiger partial charge in [0.1, 0.15) is 16.8 Å². The molecule has 1 aliphatic heterocycles. The maximum atomic E-state index is 5.96. The van der Waals surface area contributed by atoms with Crippen molar-refractivity contribution in [1.82, 2.24) is 9.97 Å². The normalized spacial score (nSPS) is 15.2. The number of aromatic nitrogens is 2. The van der Waals surface area contributed by atoms with Gasteiger partial charge in [0.05, 0.1) is 0 Å². The molecule has 12 heavy (non-hydrogen) atoms. The summed E-state index contributed by atoms with van der Waals surface area (Å²) in [6, 6.07) is 0. The molecule has 0 spiro atoms. The number of nitrogens with one attached hydrogen (secondary N) is 1. The zero-order valence-electron chi connectivity index (χ0n) is 6.89. The summed E-state index contributed by atoms with van der Waals surface area (Å²) in [5, 5.41) is 3.81. The third kappa shape index (κ3) is 1.25. The van der Waals surface area contributed by atoms with Crippen LogP contribution >= 0.6 is 11.6 Å². The van der Waals surface area contributed by atoms with Crippen LogP contribution in [-0.4, -0.2) is 16.5 Å². The number of halogens is 1. The lowest BCUT2D eigenvalue weighted by molar-refractivity contribution is 0.802. The number of fused-ring (bicyclic) bond motifs is 1. The molecule has 0 aromatic carbocycles. The van der Waals surface area contributed by atoms with E-state index in [0.29, 0.717) is 5.15 Å². The molecule has 1 aromatic heterocycles. The van der Waals surface area contributed by atoms with E-state index < -0.39 is 0 Å². The SMILES string of the molecule is Cc1nc(Cl)c2c(n1)NCCC2. The molecule has 0 saturated carbocycles. The molecule has 1 aromatic rings. The summed E-state index contributed by atoms with van der Waals surface area (Å²) < 4.78 is 0. The average molecular weight is 184 g/mol. The van der Waals surface area contributed by atoms with Gasteiger partial charge in [-0.2, -0.15) is 0 Å². The lowest BCUT2D eigenvalue weighted by atomic mass is 10.1. The highest BCUT2D eigenvalue weighted by atomic mass is 35.5. The summed E-state index contributed by atoms with van der Waals surface area (Å²) in [5.41, 5.74) is 1.06. The molecular formula is C8H10ClN3. The summed E-state index contributed by atoms with van der Waals surface area (Å²) in [5.74, 6) is 1.65. The number of hydrogen-bond donors (Lipinski definition) is 1. The Hall–Kier alpha value is -0.830. The Morgan fingerprint density at radius 2 is 2.25 bits per heavy atom. The number of rotatable bonds is 0. The molecule has 2 rings (SSSR count). The summed E-state index contributed by atoms with van der Waals surface area (Å²) in [6.45, 7) is 2.84. The van der Waals surface area contributed by atoms with Crippen molar-refractivity contribution in [2.75, 3.05) is 11.9 Å². The minimum Gasteiger partial charge on any atom is -0.370 e. The molecule has 0 fully saturated rings. The Bertz CT molecular complexity index is 311. The third-order valence-corrected chi connectivity index (χ3v) is 2.28. The van der Waals surface area contributed by atoms with E-state index in [1.165, 1.54) is 0 Å². The van der Waals surface area contributed by atoms with Gasteiger partial charge in [0.15, 0.2) is 0 Å². The molecule has 4 heteroatoms. The Kier molecular flexibility index (Phi) is 1.89. The third-order valence-electron chi connectivity index (χ3n) is 1.96. The molecule has 0 atom stereocenters. The van der Waals surface area contributed by atoms with Crippen molar-refractivity contribution in [3.8, 4) is 0 Å². The van der Waals surface area contributed by atoms with Crippen molar-refractivity contribution in [3.05, 3.63) is 16.5 Å². The first kappa shape index (κ1) is 7.80. The molecule has 2 heterocycles. The van der Waals surface area contributed by atoms with Gasteiger partial charge < -0.3 is 5.32 Å². The Morgan fingerprint density at radius 3 is 3.08 bits per heavy atom. The molecular weight excluding hydrogens is 174 g/mol. The topological polar surface area (TPSA) is 37.8 Å². The lowest BCUT2D eigenvalue weighted by Gasteiger charge is -2.17. The quantitative estimate of drug-likeness (QED) is 0.624. The van der Waals surface area contributed by atoms with E-state index in [0.717, 1.165) is 36.6 Å². The van der Waals surface area contributed by atoms with Crippen LogP contribution in [0.2, 0.25) is 5.15 Å². The summed E-state index contributed by atoms with van der Waals surface area (Å²) in [7, 11) is 0. The molecule has 0 unspecified atom stereocenters. The lowest BCUT2D eigenvalue weighted by Crippen LogP contribution is -2.15. The average Bonchev–Trinajstić information content (AvgIpc) is 2.04. The van der Waals surface area contributed by atoms with E-state index >= 15 is 0 Å². The standard InChI is InChI=1S/C8H10ClN3/c1-5-11-7(9)6-3-2-4-10-8(6)12-5/h2-4H2,1H3,(H,10,11,12). The smallest absolute Gasteiger partial charge is 0.138 e. The van der Waals surface area contributed by atoms with Crippen molar-refractivity contribution in [2.24, 2.45) is 0 Å². The highest BCUT2D eigenvalue weighted by Gasteiger charge is 2.14. The number of aryl methyl sites for hydroxylation is 1. The second kappa shape index (κ2) is 2.90. The first-order valence-electron chi connectivity index (χ1n) is 4.04. The molecule has 0 radical (unpaired) electrons. The second-order valence-electron chi connectivity index (χ2n) is 2.92. The van der Waals surface area contributed by atoms with Crippen molar-refractivity contribution in [1.29, 1.82) is 0 Å². The molecule has 0 saturated heterocycles. The Morgan fingerprint density at radius 1 is 1.42 bits per heavy atom. The van der Waals surface area contributed by atoms with Crippen LogP contribution in [0.3, 0.4) is 0 Å². The fraction of sp³-hybridized carbons (Fsp3) is 0.500. The van der Waals surface area contributed by atoms with E-state index in [4.69, 9.17) is 11.6 Å². The molecule has 3 nitrogen and oxygen atoms in total. The highest BCUT2D eigenvalue weighted by Crippen LogP contribution is 2.25. The molecule has 0 amide bonds. The van der Waals surface area contributed by atoms with Crippen molar-refractivity contribution in [3.63, 3.8) is 0 Å². The van der Waals surface area contributed by atoms with Crippen molar-refractivity contribution in [2.45, 2.75) is 19.8 Å². The number of anilines is 1. The van der Waals surface area contributed by atoms with E-state index in [1.54, 1.807) is 0 Å². The van der Waals surface area contributed by atoms with Gasteiger partial charge in [0.2, 0.25) is 0 Å². The minimum atomic E-state index is 0.602. The first-order chi connectivity index (χ1) is 5.77. The van der Waals surface area contributed by atoms with Crippen LogP contribution < -0.4 is 5.32 Å². The van der Waals surface area contributed by atoms with Crippen LogP contribution in [0, 0.1) is 6.92 Å². The summed E-state index contributed by atoms with van der Waals surface area (Å²) in [4.78, 5) is 8.37. The van der Waals surface area contributed by atoms with Gasteiger partial charge in [-0.15, -0.1) is 0 Å². The number of nitrogens with zero attached hydrogens (tertiary/aromatic N) is 2. The van der Waals surface area contributed by atoms with E-state index in [-0.39, 0.29) is 0 Å². The maximum absolute atomic E-state index is 5.96. The Balaban J connectivity index is 2.53.